The number of amides is 1. The fourth-order valence-corrected chi connectivity index (χ4v) is 6.12. The normalized spacial score (nSPS) is 32.5. The van der Waals surface area contributed by atoms with Crippen molar-refractivity contribution in [2.24, 2.45) is 23.7 Å². The van der Waals surface area contributed by atoms with E-state index in [1.54, 1.807) is 0 Å². The summed E-state index contributed by atoms with van der Waals surface area (Å²) >= 11 is 0. The number of likely N-dealkylation sites (tertiary alicyclic amines) is 1. The van der Waals surface area contributed by atoms with Gasteiger partial charge in [0, 0.05) is 37.8 Å². The molecule has 0 aromatic carbocycles. The highest BCUT2D eigenvalue weighted by atomic mass is 16.5. The van der Waals surface area contributed by atoms with E-state index in [2.05, 4.69) is 23.5 Å². The van der Waals surface area contributed by atoms with Crippen LogP contribution in [0.25, 0.3) is 0 Å². The Balaban J connectivity index is 1.20. The molecule has 3 aliphatic heterocycles. The first-order chi connectivity index (χ1) is 15.3. The molecule has 2 saturated heterocycles. The minimum absolute atomic E-state index is 0.0926. The van der Waals surface area contributed by atoms with Crippen molar-refractivity contribution in [3.05, 3.63) is 35.9 Å². The Hall–Kier alpha value is -1.75. The van der Waals surface area contributed by atoms with Gasteiger partial charge in [0.15, 0.2) is 12.1 Å². The van der Waals surface area contributed by atoms with Crippen molar-refractivity contribution >= 4 is 5.91 Å². The molecule has 5 heteroatoms. The first-order valence-electron chi connectivity index (χ1n) is 12.7. The summed E-state index contributed by atoms with van der Waals surface area (Å²) in [6, 6.07) is 0. The van der Waals surface area contributed by atoms with Crippen LogP contribution in [-0.4, -0.2) is 36.8 Å². The third-order valence-corrected chi connectivity index (χ3v) is 8.19. The largest absolute Gasteiger partial charge is 0.455 e. The maximum atomic E-state index is 13.1. The van der Waals surface area contributed by atoms with E-state index in [1.165, 1.54) is 50.6 Å². The summed E-state index contributed by atoms with van der Waals surface area (Å²) < 4.78 is 11.9. The van der Waals surface area contributed by atoms with Crippen LogP contribution in [0.5, 0.6) is 0 Å². The van der Waals surface area contributed by atoms with Gasteiger partial charge in [-0.3, -0.25) is 4.79 Å². The molecule has 0 aromatic heterocycles. The number of hydrogen-bond donors (Lipinski definition) is 1. The van der Waals surface area contributed by atoms with Crippen LogP contribution in [0.1, 0.15) is 70.6 Å². The van der Waals surface area contributed by atoms with Crippen LogP contribution in [-0.2, 0) is 14.3 Å². The summed E-state index contributed by atoms with van der Waals surface area (Å²) in [5.74, 6) is 3.61. The van der Waals surface area contributed by atoms with Gasteiger partial charge in [0.2, 0.25) is 5.91 Å². The second-order valence-electron chi connectivity index (χ2n) is 10.1. The van der Waals surface area contributed by atoms with Crippen LogP contribution in [0, 0.1) is 23.7 Å². The molecule has 2 unspecified atom stereocenters. The predicted molar refractivity (Wildman–Crippen MR) is 121 cm³/mol. The van der Waals surface area contributed by atoms with E-state index >= 15 is 0 Å². The molecular weight excluding hydrogens is 388 g/mol. The summed E-state index contributed by atoms with van der Waals surface area (Å²) in [5.41, 5.74) is 1.30. The highest BCUT2D eigenvalue weighted by Gasteiger charge is 2.36. The molecule has 31 heavy (non-hydrogen) atoms. The molecule has 5 rings (SSSR count). The third kappa shape index (κ3) is 4.87. The van der Waals surface area contributed by atoms with Gasteiger partial charge in [-0.05, 0) is 62.0 Å². The lowest BCUT2D eigenvalue weighted by Crippen LogP contribution is -2.43. The summed E-state index contributed by atoms with van der Waals surface area (Å²) in [7, 11) is 0. The van der Waals surface area contributed by atoms with Crippen molar-refractivity contribution in [1.29, 1.82) is 0 Å². The molecule has 2 saturated carbocycles. The number of nitrogens with one attached hydrogen (secondary N) is 1. The molecule has 4 fully saturated rings. The lowest BCUT2D eigenvalue weighted by atomic mass is 9.67. The molecule has 170 valence electrons. The van der Waals surface area contributed by atoms with E-state index in [0.717, 1.165) is 49.9 Å². The Kier molecular flexibility index (Phi) is 6.68. The molecule has 1 amide bonds. The van der Waals surface area contributed by atoms with Gasteiger partial charge in [-0.25, -0.2) is 0 Å². The molecule has 1 N–H and O–H groups in total. The van der Waals surface area contributed by atoms with E-state index in [1.807, 2.05) is 11.0 Å². The van der Waals surface area contributed by atoms with Crippen molar-refractivity contribution < 1.29 is 14.3 Å². The molecule has 0 aromatic rings. The predicted octanol–water partition coefficient (Wildman–Crippen LogP) is 4.87. The van der Waals surface area contributed by atoms with Gasteiger partial charge in [0.25, 0.3) is 0 Å². The average molecular weight is 427 g/mol. The highest BCUT2D eigenvalue weighted by molar-refractivity contribution is 5.79. The molecule has 0 bridgehead atoms. The van der Waals surface area contributed by atoms with E-state index in [-0.39, 0.29) is 18.1 Å². The topological polar surface area (TPSA) is 50.8 Å². The molecular formula is C26H38N2O3. The third-order valence-electron chi connectivity index (χ3n) is 8.19. The number of hydrogen-bond acceptors (Lipinski definition) is 4. The number of nitrogens with zero attached hydrogens (tertiary/aromatic N) is 1. The summed E-state index contributed by atoms with van der Waals surface area (Å²) in [5, 5.41) is 3.63. The molecule has 3 atom stereocenters. The van der Waals surface area contributed by atoms with E-state index in [4.69, 9.17) is 9.47 Å². The second kappa shape index (κ2) is 9.81. The van der Waals surface area contributed by atoms with Crippen molar-refractivity contribution in [2.45, 2.75) is 76.9 Å². The van der Waals surface area contributed by atoms with Crippen LogP contribution in [0.3, 0.4) is 0 Å². The van der Waals surface area contributed by atoms with Crippen LogP contribution in [0.15, 0.2) is 35.9 Å². The Bertz CT molecular complexity index is 733. The minimum Gasteiger partial charge on any atom is -0.455 e. The number of rotatable bonds is 5. The van der Waals surface area contributed by atoms with Crippen LogP contribution in [0.2, 0.25) is 0 Å². The second-order valence-corrected chi connectivity index (χ2v) is 10.1. The van der Waals surface area contributed by atoms with Gasteiger partial charge in [0.1, 0.15) is 0 Å². The molecule has 5 nitrogen and oxygen atoms in total. The Labute approximate surface area is 186 Å². The first-order valence-corrected chi connectivity index (χ1v) is 12.7. The average Bonchev–Trinajstić information content (AvgIpc) is 3.09. The minimum atomic E-state index is -0.157. The lowest BCUT2D eigenvalue weighted by Gasteiger charge is -2.40. The fraction of sp³-hybridized carbons (Fsp3) is 0.731. The summed E-state index contributed by atoms with van der Waals surface area (Å²) in [6.07, 6.45) is 21.5. The van der Waals surface area contributed by atoms with Crippen molar-refractivity contribution in [3.8, 4) is 0 Å². The Morgan fingerprint density at radius 2 is 1.71 bits per heavy atom. The zero-order valence-electron chi connectivity index (χ0n) is 18.8. The van der Waals surface area contributed by atoms with E-state index in [9.17, 15) is 4.79 Å². The molecule has 5 aliphatic rings. The van der Waals surface area contributed by atoms with Crippen molar-refractivity contribution in [1.82, 2.24) is 10.2 Å². The zero-order valence-corrected chi connectivity index (χ0v) is 18.8. The van der Waals surface area contributed by atoms with Gasteiger partial charge >= 0.3 is 0 Å². The smallest absolute Gasteiger partial charge is 0.228 e. The standard InChI is InChI=1S/C26H38N2O3/c29-26(20-13-16-30-17-14-20)28-15-5-12-25(28)31-24-11-2-1-10-23(27-24)22-9-4-8-21(18-22)19-6-3-7-19/h1-2,10-11,19-22,25,27H,3-9,12-18H2/t21?,22?,25-/m0/s1. The van der Waals surface area contributed by atoms with Gasteiger partial charge in [-0.2, -0.15) is 0 Å². The molecule has 3 heterocycles. The van der Waals surface area contributed by atoms with Crippen LogP contribution < -0.4 is 5.32 Å². The van der Waals surface area contributed by atoms with Gasteiger partial charge in [-0.1, -0.05) is 44.3 Å². The first kappa shape index (κ1) is 21.1. The molecule has 0 spiro atoms. The number of carbonyl (C=O) groups is 1. The Morgan fingerprint density at radius 3 is 2.52 bits per heavy atom. The van der Waals surface area contributed by atoms with Crippen LogP contribution >= 0.6 is 0 Å². The van der Waals surface area contributed by atoms with Crippen molar-refractivity contribution in [3.63, 3.8) is 0 Å². The maximum absolute atomic E-state index is 13.1. The lowest BCUT2D eigenvalue weighted by molar-refractivity contribution is -0.146. The highest BCUT2D eigenvalue weighted by Crippen LogP contribution is 2.44. The van der Waals surface area contributed by atoms with E-state index in [0.29, 0.717) is 19.1 Å². The summed E-state index contributed by atoms with van der Waals surface area (Å²) in [4.78, 5) is 15.1. The van der Waals surface area contributed by atoms with Crippen molar-refractivity contribution in [2.75, 3.05) is 19.8 Å². The summed E-state index contributed by atoms with van der Waals surface area (Å²) in [6.45, 7) is 2.20. The van der Waals surface area contributed by atoms with Crippen LogP contribution in [0.4, 0.5) is 0 Å². The molecule has 0 radical (unpaired) electrons. The number of allylic oxidation sites excluding steroid dienone is 5. The number of carbonyl (C=O) groups excluding carboxylic acids is 1. The van der Waals surface area contributed by atoms with Gasteiger partial charge in [0.05, 0.1) is 0 Å². The van der Waals surface area contributed by atoms with E-state index < -0.39 is 0 Å². The maximum Gasteiger partial charge on any atom is 0.228 e. The SMILES string of the molecule is O=C(C1CCOCC1)N1CCC[C@@H]1OC1=CC=CC=C(C2CCCC(C3CCC3)C2)N1. The monoisotopic (exact) mass is 426 g/mol. The van der Waals surface area contributed by atoms with Gasteiger partial charge in [-0.15, -0.1) is 0 Å². The quantitative estimate of drug-likeness (QED) is 0.681. The number of ether oxygens (including phenoxy) is 2. The van der Waals surface area contributed by atoms with Gasteiger partial charge < -0.3 is 19.7 Å². The Morgan fingerprint density at radius 1 is 0.935 bits per heavy atom. The molecule has 2 aliphatic carbocycles. The zero-order chi connectivity index (χ0) is 21.0. The fourth-order valence-electron chi connectivity index (χ4n) is 6.12.